The van der Waals surface area contributed by atoms with Crippen LogP contribution >= 0.6 is 27.3 Å². The molecule has 0 saturated carbocycles. The van der Waals surface area contributed by atoms with E-state index in [1.807, 2.05) is 0 Å². The number of thiophene rings is 1. The average molecular weight is 366 g/mol. The monoisotopic (exact) mass is 365 g/mol. The van der Waals surface area contributed by atoms with E-state index in [2.05, 4.69) is 76.2 Å². The third-order valence-electron chi connectivity index (χ3n) is 3.65. The van der Waals surface area contributed by atoms with Crippen LogP contribution in [0.2, 0.25) is 0 Å². The van der Waals surface area contributed by atoms with Gasteiger partial charge in [0.2, 0.25) is 0 Å². The molecular formula is C18H24BrNS. The molecule has 0 bridgehead atoms. The van der Waals surface area contributed by atoms with Gasteiger partial charge >= 0.3 is 0 Å². The van der Waals surface area contributed by atoms with Gasteiger partial charge in [-0.15, -0.1) is 0 Å². The Bertz CT molecular complexity index is 522. The van der Waals surface area contributed by atoms with Crippen LogP contribution < -0.4 is 5.32 Å². The molecule has 1 aromatic heterocycles. The Hall–Kier alpha value is -0.640. The second-order valence-electron chi connectivity index (χ2n) is 5.93. The minimum Gasteiger partial charge on any atom is -0.314 e. The average Bonchev–Trinajstić information content (AvgIpc) is 2.95. The lowest BCUT2D eigenvalue weighted by Gasteiger charge is -2.19. The first kappa shape index (κ1) is 16.7. The van der Waals surface area contributed by atoms with Gasteiger partial charge in [0.05, 0.1) is 0 Å². The molecule has 0 aliphatic carbocycles. The molecule has 0 radical (unpaired) electrons. The topological polar surface area (TPSA) is 12.0 Å². The Balaban J connectivity index is 1.93. The number of rotatable bonds is 8. The van der Waals surface area contributed by atoms with Gasteiger partial charge in [0.15, 0.2) is 0 Å². The van der Waals surface area contributed by atoms with Crippen molar-refractivity contribution in [2.75, 3.05) is 6.54 Å². The Labute approximate surface area is 140 Å². The molecule has 21 heavy (non-hydrogen) atoms. The van der Waals surface area contributed by atoms with Crippen molar-refractivity contribution in [3.8, 4) is 0 Å². The molecule has 2 rings (SSSR count). The van der Waals surface area contributed by atoms with Gasteiger partial charge in [0, 0.05) is 10.5 Å². The van der Waals surface area contributed by atoms with Gasteiger partial charge in [0.25, 0.3) is 0 Å². The zero-order valence-corrected chi connectivity index (χ0v) is 15.2. The quantitative estimate of drug-likeness (QED) is 0.668. The lowest BCUT2D eigenvalue weighted by molar-refractivity contribution is 0.422. The molecule has 2 aromatic rings. The van der Waals surface area contributed by atoms with Crippen molar-refractivity contribution in [1.29, 1.82) is 0 Å². The van der Waals surface area contributed by atoms with E-state index < -0.39 is 0 Å². The normalized spacial score (nSPS) is 12.8. The van der Waals surface area contributed by atoms with Crippen LogP contribution in [-0.4, -0.2) is 12.6 Å². The molecule has 1 heterocycles. The van der Waals surface area contributed by atoms with Crippen LogP contribution in [0.25, 0.3) is 0 Å². The number of aryl methyl sites for hydroxylation is 1. The van der Waals surface area contributed by atoms with E-state index in [0.717, 1.165) is 13.0 Å². The molecule has 0 amide bonds. The van der Waals surface area contributed by atoms with Crippen molar-refractivity contribution in [1.82, 2.24) is 5.32 Å². The van der Waals surface area contributed by atoms with Gasteiger partial charge in [-0.1, -0.05) is 41.9 Å². The SMILES string of the molecule is CC(C)NCC(CCc1ccsc1)Cc1cccc(Br)c1. The minimum atomic E-state index is 0.552. The van der Waals surface area contributed by atoms with E-state index in [1.165, 1.54) is 28.4 Å². The van der Waals surface area contributed by atoms with Gasteiger partial charge in [-0.3, -0.25) is 0 Å². The van der Waals surface area contributed by atoms with E-state index in [1.54, 1.807) is 11.3 Å². The molecule has 1 nitrogen and oxygen atoms in total. The second kappa shape index (κ2) is 8.72. The summed E-state index contributed by atoms with van der Waals surface area (Å²) < 4.78 is 1.17. The second-order valence-corrected chi connectivity index (χ2v) is 7.63. The van der Waals surface area contributed by atoms with Gasteiger partial charge in [-0.2, -0.15) is 11.3 Å². The largest absolute Gasteiger partial charge is 0.314 e. The van der Waals surface area contributed by atoms with Crippen molar-refractivity contribution in [3.63, 3.8) is 0 Å². The standard InChI is InChI=1S/C18H24BrNS/c1-14(2)20-12-17(7-6-15-8-9-21-13-15)10-16-4-3-5-18(19)11-16/h3-5,8-9,11,13-14,17,20H,6-7,10,12H2,1-2H3. The molecule has 0 fully saturated rings. The van der Waals surface area contributed by atoms with Crippen LogP contribution in [0, 0.1) is 5.92 Å². The van der Waals surface area contributed by atoms with Crippen LogP contribution in [-0.2, 0) is 12.8 Å². The first-order valence-corrected chi connectivity index (χ1v) is 9.36. The number of hydrogen-bond acceptors (Lipinski definition) is 2. The van der Waals surface area contributed by atoms with Crippen molar-refractivity contribution >= 4 is 27.3 Å². The summed E-state index contributed by atoms with van der Waals surface area (Å²) in [4.78, 5) is 0. The van der Waals surface area contributed by atoms with Crippen LogP contribution in [0.1, 0.15) is 31.4 Å². The maximum absolute atomic E-state index is 3.60. The van der Waals surface area contributed by atoms with Crippen molar-refractivity contribution in [2.24, 2.45) is 5.92 Å². The predicted molar refractivity (Wildman–Crippen MR) is 97.1 cm³/mol. The van der Waals surface area contributed by atoms with E-state index in [0.29, 0.717) is 12.0 Å². The number of hydrogen-bond donors (Lipinski definition) is 1. The Morgan fingerprint density at radius 1 is 1.19 bits per heavy atom. The first-order valence-electron chi connectivity index (χ1n) is 7.62. The smallest absolute Gasteiger partial charge is 0.0177 e. The summed E-state index contributed by atoms with van der Waals surface area (Å²) in [6.07, 6.45) is 3.56. The fraction of sp³-hybridized carbons (Fsp3) is 0.444. The Morgan fingerprint density at radius 2 is 2.05 bits per heavy atom. The summed E-state index contributed by atoms with van der Waals surface area (Å²) in [5, 5.41) is 8.04. The lowest BCUT2D eigenvalue weighted by Crippen LogP contribution is -2.30. The summed E-state index contributed by atoms with van der Waals surface area (Å²) >= 11 is 5.36. The summed E-state index contributed by atoms with van der Waals surface area (Å²) in [5.41, 5.74) is 2.90. The Morgan fingerprint density at radius 3 is 2.71 bits per heavy atom. The number of benzene rings is 1. The molecule has 0 aliphatic rings. The van der Waals surface area contributed by atoms with E-state index in [4.69, 9.17) is 0 Å². The first-order chi connectivity index (χ1) is 10.1. The van der Waals surface area contributed by atoms with Crippen LogP contribution in [0.3, 0.4) is 0 Å². The lowest BCUT2D eigenvalue weighted by atomic mass is 9.93. The van der Waals surface area contributed by atoms with Gasteiger partial charge in [0.1, 0.15) is 0 Å². The molecule has 3 heteroatoms. The van der Waals surface area contributed by atoms with Gasteiger partial charge in [-0.25, -0.2) is 0 Å². The third kappa shape index (κ3) is 6.33. The van der Waals surface area contributed by atoms with Crippen LogP contribution in [0.4, 0.5) is 0 Å². The summed E-state index contributed by atoms with van der Waals surface area (Å²) in [6.45, 7) is 5.53. The predicted octanol–water partition coefficient (Wildman–Crippen LogP) is 5.30. The summed E-state index contributed by atoms with van der Waals surface area (Å²) in [5.74, 6) is 0.682. The third-order valence-corrected chi connectivity index (χ3v) is 4.87. The maximum Gasteiger partial charge on any atom is 0.0177 e. The highest BCUT2D eigenvalue weighted by molar-refractivity contribution is 9.10. The van der Waals surface area contributed by atoms with Crippen molar-refractivity contribution < 1.29 is 0 Å². The summed E-state index contributed by atoms with van der Waals surface area (Å²) in [7, 11) is 0. The minimum absolute atomic E-state index is 0.552. The summed E-state index contributed by atoms with van der Waals surface area (Å²) in [6, 6.07) is 11.5. The highest BCUT2D eigenvalue weighted by atomic mass is 79.9. The molecule has 0 aliphatic heterocycles. The molecule has 1 unspecified atom stereocenters. The van der Waals surface area contributed by atoms with Crippen LogP contribution in [0.15, 0.2) is 45.6 Å². The molecular weight excluding hydrogens is 342 g/mol. The fourth-order valence-corrected chi connectivity index (χ4v) is 3.63. The molecule has 1 atom stereocenters. The van der Waals surface area contributed by atoms with Crippen molar-refractivity contribution in [2.45, 2.75) is 39.2 Å². The molecule has 0 spiro atoms. The fourth-order valence-electron chi connectivity index (χ4n) is 2.48. The zero-order valence-electron chi connectivity index (χ0n) is 12.8. The molecule has 114 valence electrons. The number of nitrogens with one attached hydrogen (secondary N) is 1. The highest BCUT2D eigenvalue weighted by Crippen LogP contribution is 2.19. The molecule has 1 aromatic carbocycles. The zero-order chi connectivity index (χ0) is 15.1. The molecule has 0 saturated heterocycles. The van der Waals surface area contributed by atoms with Crippen LogP contribution in [0.5, 0.6) is 0 Å². The maximum atomic E-state index is 3.60. The highest BCUT2D eigenvalue weighted by Gasteiger charge is 2.11. The van der Waals surface area contributed by atoms with E-state index in [9.17, 15) is 0 Å². The molecule has 1 N–H and O–H groups in total. The van der Waals surface area contributed by atoms with Crippen molar-refractivity contribution in [3.05, 3.63) is 56.7 Å². The van der Waals surface area contributed by atoms with Gasteiger partial charge < -0.3 is 5.32 Å². The van der Waals surface area contributed by atoms with E-state index in [-0.39, 0.29) is 0 Å². The Kier molecular flexibility index (Phi) is 6.94. The number of halogens is 1. The van der Waals surface area contributed by atoms with Gasteiger partial charge in [-0.05, 0) is 71.8 Å². The van der Waals surface area contributed by atoms with E-state index >= 15 is 0 Å².